The molecule has 0 N–H and O–H groups in total. The third-order valence-corrected chi connectivity index (χ3v) is 3.36. The zero-order valence-corrected chi connectivity index (χ0v) is 10.4. The summed E-state index contributed by atoms with van der Waals surface area (Å²) < 4.78 is 19.3. The Hall–Kier alpha value is -1.54. The van der Waals surface area contributed by atoms with Gasteiger partial charge in [0.2, 0.25) is 0 Å². The van der Waals surface area contributed by atoms with Crippen LogP contribution in [0.4, 0.5) is 4.39 Å². The van der Waals surface area contributed by atoms with Gasteiger partial charge in [-0.2, -0.15) is 0 Å². The largest absolute Gasteiger partial charge is 0.489 e. The highest BCUT2D eigenvalue weighted by atomic mass is 35.5. The van der Waals surface area contributed by atoms with Crippen LogP contribution >= 0.6 is 11.6 Å². The first kappa shape index (κ1) is 11.5. The van der Waals surface area contributed by atoms with Crippen molar-refractivity contribution in [2.45, 2.75) is 12.5 Å². The number of halogens is 2. The van der Waals surface area contributed by atoms with Crippen molar-refractivity contribution in [1.29, 1.82) is 0 Å². The van der Waals surface area contributed by atoms with Crippen LogP contribution in [0.25, 0.3) is 11.1 Å². The fraction of sp³-hybridized carbons (Fsp3) is 0.133. The van der Waals surface area contributed by atoms with Gasteiger partial charge in [-0.15, -0.1) is 0 Å². The highest BCUT2D eigenvalue weighted by Crippen LogP contribution is 2.41. The first-order valence-corrected chi connectivity index (χ1v) is 6.10. The molecule has 1 atom stereocenters. The number of hydrogen-bond acceptors (Lipinski definition) is 1. The SMILES string of the molecule is [CH2]C1Cc2cc(F)cc(-c3ccccc3Cl)c2O1. The number of ether oxygens (including phenoxy) is 1. The molecule has 0 saturated heterocycles. The summed E-state index contributed by atoms with van der Waals surface area (Å²) in [7, 11) is 0. The third-order valence-electron chi connectivity index (χ3n) is 3.03. The summed E-state index contributed by atoms with van der Waals surface area (Å²) in [6.45, 7) is 3.86. The molecule has 1 unspecified atom stereocenters. The first-order valence-electron chi connectivity index (χ1n) is 5.72. The lowest BCUT2D eigenvalue weighted by molar-refractivity contribution is 0.282. The molecule has 0 spiro atoms. The average Bonchev–Trinajstić information content (AvgIpc) is 2.69. The monoisotopic (exact) mass is 261 g/mol. The van der Waals surface area contributed by atoms with Crippen molar-refractivity contribution in [2.75, 3.05) is 0 Å². The van der Waals surface area contributed by atoms with Crippen molar-refractivity contribution in [3.8, 4) is 16.9 Å². The van der Waals surface area contributed by atoms with Gasteiger partial charge < -0.3 is 4.74 Å². The summed E-state index contributed by atoms with van der Waals surface area (Å²) >= 11 is 6.16. The van der Waals surface area contributed by atoms with Gasteiger partial charge in [0.05, 0.1) is 0 Å². The van der Waals surface area contributed by atoms with E-state index in [1.807, 2.05) is 18.2 Å². The molecule has 3 rings (SSSR count). The van der Waals surface area contributed by atoms with Gasteiger partial charge in [-0.05, 0) is 25.1 Å². The van der Waals surface area contributed by atoms with Gasteiger partial charge in [-0.3, -0.25) is 0 Å². The Bertz CT molecular complexity index is 609. The van der Waals surface area contributed by atoms with Crippen LogP contribution in [-0.2, 0) is 6.42 Å². The molecule has 1 heterocycles. The average molecular weight is 262 g/mol. The molecule has 3 heteroatoms. The van der Waals surface area contributed by atoms with Crippen molar-refractivity contribution >= 4 is 11.6 Å². The molecule has 91 valence electrons. The van der Waals surface area contributed by atoms with Gasteiger partial charge in [0, 0.05) is 28.1 Å². The van der Waals surface area contributed by atoms with Crippen LogP contribution in [-0.4, -0.2) is 6.10 Å². The summed E-state index contributed by atoms with van der Waals surface area (Å²) in [5.41, 5.74) is 2.33. The van der Waals surface area contributed by atoms with E-state index in [-0.39, 0.29) is 11.9 Å². The minimum absolute atomic E-state index is 0.164. The van der Waals surface area contributed by atoms with Crippen LogP contribution < -0.4 is 4.74 Å². The highest BCUT2D eigenvalue weighted by Gasteiger charge is 2.24. The van der Waals surface area contributed by atoms with Crippen molar-refractivity contribution in [2.24, 2.45) is 0 Å². The second-order valence-corrected chi connectivity index (χ2v) is 4.77. The summed E-state index contributed by atoms with van der Waals surface area (Å²) in [6.07, 6.45) is 0.466. The molecule has 18 heavy (non-hydrogen) atoms. The lowest BCUT2D eigenvalue weighted by atomic mass is 10.0. The van der Waals surface area contributed by atoms with E-state index >= 15 is 0 Å². The van der Waals surface area contributed by atoms with E-state index in [0.717, 1.165) is 11.1 Å². The number of rotatable bonds is 1. The van der Waals surface area contributed by atoms with E-state index in [9.17, 15) is 4.39 Å². The van der Waals surface area contributed by atoms with E-state index in [1.54, 1.807) is 6.07 Å². The van der Waals surface area contributed by atoms with Crippen LogP contribution in [0.3, 0.4) is 0 Å². The van der Waals surface area contributed by atoms with Gasteiger partial charge in [-0.25, -0.2) is 4.39 Å². The smallest absolute Gasteiger partial charge is 0.131 e. The van der Waals surface area contributed by atoms with Crippen molar-refractivity contribution in [1.82, 2.24) is 0 Å². The molecule has 0 aromatic heterocycles. The van der Waals surface area contributed by atoms with Gasteiger partial charge >= 0.3 is 0 Å². The first-order chi connectivity index (χ1) is 8.65. The van der Waals surface area contributed by atoms with E-state index in [0.29, 0.717) is 22.8 Å². The molecule has 2 aromatic rings. The van der Waals surface area contributed by atoms with Gasteiger partial charge in [0.1, 0.15) is 17.7 Å². The maximum Gasteiger partial charge on any atom is 0.131 e. The van der Waals surface area contributed by atoms with E-state index in [4.69, 9.17) is 16.3 Å². The maximum atomic E-state index is 13.6. The fourth-order valence-electron chi connectivity index (χ4n) is 2.27. The van der Waals surface area contributed by atoms with Gasteiger partial charge in [0.25, 0.3) is 0 Å². The Morgan fingerprint density at radius 3 is 2.78 bits per heavy atom. The van der Waals surface area contributed by atoms with Crippen LogP contribution in [0.15, 0.2) is 36.4 Å². The van der Waals surface area contributed by atoms with Crippen molar-refractivity contribution in [3.05, 3.63) is 59.7 Å². The van der Waals surface area contributed by atoms with Crippen LogP contribution in [0, 0.1) is 12.7 Å². The number of hydrogen-bond donors (Lipinski definition) is 0. The van der Waals surface area contributed by atoms with Gasteiger partial charge in [-0.1, -0.05) is 29.8 Å². The van der Waals surface area contributed by atoms with Crippen molar-refractivity contribution < 1.29 is 9.13 Å². The minimum atomic E-state index is -0.277. The van der Waals surface area contributed by atoms with Crippen LogP contribution in [0.5, 0.6) is 5.75 Å². The molecule has 0 aliphatic carbocycles. The van der Waals surface area contributed by atoms with Crippen LogP contribution in [0.1, 0.15) is 5.56 Å². The zero-order valence-electron chi connectivity index (χ0n) is 9.62. The summed E-state index contributed by atoms with van der Waals surface area (Å²) in [5, 5.41) is 0.585. The van der Waals surface area contributed by atoms with Gasteiger partial charge in [0.15, 0.2) is 0 Å². The Morgan fingerprint density at radius 1 is 1.22 bits per heavy atom. The maximum absolute atomic E-state index is 13.6. The lowest BCUT2D eigenvalue weighted by Crippen LogP contribution is -2.06. The van der Waals surface area contributed by atoms with Crippen molar-refractivity contribution in [3.63, 3.8) is 0 Å². The molecular weight excluding hydrogens is 251 g/mol. The summed E-state index contributed by atoms with van der Waals surface area (Å²) in [4.78, 5) is 0. The van der Waals surface area contributed by atoms with Crippen LogP contribution in [0.2, 0.25) is 5.02 Å². The Kier molecular flexibility index (Phi) is 2.75. The van der Waals surface area contributed by atoms with E-state index in [1.165, 1.54) is 12.1 Å². The minimum Gasteiger partial charge on any atom is -0.489 e. The zero-order chi connectivity index (χ0) is 12.7. The molecule has 1 aliphatic rings. The lowest BCUT2D eigenvalue weighted by Gasteiger charge is -2.11. The normalized spacial score (nSPS) is 17.4. The third kappa shape index (κ3) is 1.87. The summed E-state index contributed by atoms with van der Waals surface area (Å²) in [5.74, 6) is 0.422. The second-order valence-electron chi connectivity index (χ2n) is 4.37. The van der Waals surface area contributed by atoms with E-state index in [2.05, 4.69) is 6.92 Å². The fourth-order valence-corrected chi connectivity index (χ4v) is 2.51. The molecule has 1 radical (unpaired) electrons. The topological polar surface area (TPSA) is 9.23 Å². The number of fused-ring (bicyclic) bond motifs is 1. The predicted molar refractivity (Wildman–Crippen MR) is 70.3 cm³/mol. The molecule has 1 nitrogen and oxygen atoms in total. The molecule has 0 amide bonds. The number of benzene rings is 2. The second kappa shape index (κ2) is 4.29. The van der Waals surface area contributed by atoms with E-state index < -0.39 is 0 Å². The summed E-state index contributed by atoms with van der Waals surface area (Å²) in [6, 6.07) is 10.3. The standard InChI is InChI=1S/C15H11ClFO/c1-9-6-10-7-11(17)8-13(15(10)18-9)12-4-2-3-5-14(12)16/h2-5,7-9H,1,6H2. The predicted octanol–water partition coefficient (Wildman–Crippen LogP) is 4.28. The Labute approximate surface area is 110 Å². The quantitative estimate of drug-likeness (QED) is 0.744. The Balaban J connectivity index is 2.22. The molecule has 0 bridgehead atoms. The molecule has 0 saturated carbocycles. The molecule has 2 aromatic carbocycles. The highest BCUT2D eigenvalue weighted by molar-refractivity contribution is 6.33. The molecule has 0 fully saturated rings. The molecular formula is C15H11ClFO. The Morgan fingerprint density at radius 2 is 2.00 bits per heavy atom. The molecule has 1 aliphatic heterocycles.